The third kappa shape index (κ3) is 2.03. The average molecular weight is 309 g/mol. The Kier molecular flexibility index (Phi) is 2.71. The number of anilines is 1. The number of aromatic nitrogens is 2. The van der Waals surface area contributed by atoms with Gasteiger partial charge in [-0.1, -0.05) is 12.1 Å². The number of furan rings is 1. The van der Waals surface area contributed by atoms with Crippen molar-refractivity contribution in [3.05, 3.63) is 30.6 Å². The highest BCUT2D eigenvalue weighted by atomic mass is 16.3. The minimum atomic E-state index is -0.432. The van der Waals surface area contributed by atoms with Gasteiger partial charge in [-0.25, -0.2) is 9.97 Å². The Bertz CT molecular complexity index is 884. The first-order chi connectivity index (χ1) is 11.2. The quantitative estimate of drug-likeness (QED) is 0.788. The number of benzene rings is 1. The second-order valence-electron chi connectivity index (χ2n) is 6.86. The molecule has 1 aliphatic heterocycles. The van der Waals surface area contributed by atoms with Crippen molar-refractivity contribution in [2.75, 3.05) is 18.0 Å². The fraction of sp³-hybridized carbons (Fsp3) is 0.444. The van der Waals surface area contributed by atoms with Gasteiger partial charge in [-0.15, -0.1) is 0 Å². The van der Waals surface area contributed by atoms with Crippen molar-refractivity contribution in [1.29, 1.82) is 0 Å². The number of nitrogens with zero attached hydrogens (tertiary/aromatic N) is 3. The van der Waals surface area contributed by atoms with Crippen LogP contribution in [0, 0.1) is 5.92 Å². The Hall–Kier alpha value is -2.14. The zero-order chi connectivity index (χ0) is 15.4. The molecule has 5 rings (SSSR count). The van der Waals surface area contributed by atoms with E-state index in [1.165, 1.54) is 0 Å². The lowest BCUT2D eigenvalue weighted by molar-refractivity contribution is 0.0730. The molecule has 0 radical (unpaired) electrons. The fourth-order valence-electron chi connectivity index (χ4n) is 3.88. The zero-order valence-corrected chi connectivity index (χ0v) is 12.9. The van der Waals surface area contributed by atoms with Crippen LogP contribution in [0.4, 0.5) is 5.82 Å². The molecular weight excluding hydrogens is 290 g/mol. The number of hydrogen-bond donors (Lipinski definition) is 1. The molecule has 1 N–H and O–H groups in total. The van der Waals surface area contributed by atoms with Gasteiger partial charge in [0.25, 0.3) is 0 Å². The summed E-state index contributed by atoms with van der Waals surface area (Å²) >= 11 is 0. The molecule has 1 aliphatic carbocycles. The zero-order valence-electron chi connectivity index (χ0n) is 12.9. The molecule has 1 unspecified atom stereocenters. The molecule has 3 heterocycles. The lowest BCUT2D eigenvalue weighted by atomic mass is 9.90. The lowest BCUT2D eigenvalue weighted by Gasteiger charge is -2.35. The predicted octanol–water partition coefficient (Wildman–Crippen LogP) is 3.12. The summed E-state index contributed by atoms with van der Waals surface area (Å²) in [7, 11) is 0. The van der Waals surface area contributed by atoms with Gasteiger partial charge in [0.15, 0.2) is 11.4 Å². The fourth-order valence-corrected chi connectivity index (χ4v) is 3.88. The number of hydrogen-bond acceptors (Lipinski definition) is 5. The van der Waals surface area contributed by atoms with Gasteiger partial charge in [-0.3, -0.25) is 0 Å². The second-order valence-corrected chi connectivity index (χ2v) is 6.86. The number of aliphatic hydroxyl groups is 1. The molecule has 3 aromatic rings. The van der Waals surface area contributed by atoms with Crippen LogP contribution in [-0.4, -0.2) is 33.8 Å². The van der Waals surface area contributed by atoms with Gasteiger partial charge < -0.3 is 14.4 Å². The van der Waals surface area contributed by atoms with Gasteiger partial charge in [-0.05, 0) is 37.8 Å². The van der Waals surface area contributed by atoms with Crippen LogP contribution in [0.25, 0.3) is 22.1 Å². The van der Waals surface area contributed by atoms with Crippen molar-refractivity contribution in [3.63, 3.8) is 0 Å². The topological polar surface area (TPSA) is 62.4 Å². The summed E-state index contributed by atoms with van der Waals surface area (Å²) in [6.45, 7) is 1.80. The van der Waals surface area contributed by atoms with Gasteiger partial charge in [0.1, 0.15) is 17.4 Å². The first-order valence-corrected chi connectivity index (χ1v) is 8.34. The molecular formula is C18H19N3O2. The molecule has 0 spiro atoms. The normalized spacial score (nSPS) is 23.5. The van der Waals surface area contributed by atoms with Crippen LogP contribution in [-0.2, 0) is 0 Å². The molecule has 2 aliphatic rings. The predicted molar refractivity (Wildman–Crippen MR) is 88.4 cm³/mol. The van der Waals surface area contributed by atoms with E-state index in [1.807, 2.05) is 24.3 Å². The molecule has 1 aromatic carbocycles. The van der Waals surface area contributed by atoms with Gasteiger partial charge in [0.2, 0.25) is 0 Å². The van der Waals surface area contributed by atoms with Crippen molar-refractivity contribution in [1.82, 2.24) is 9.97 Å². The summed E-state index contributed by atoms with van der Waals surface area (Å²) in [6.07, 6.45) is 5.68. The summed E-state index contributed by atoms with van der Waals surface area (Å²) in [4.78, 5) is 11.2. The standard InChI is InChI=1S/C18H19N3O2/c22-18(7-8-18)12-4-3-9-21(10-12)17-16-15(19-11-20-17)13-5-1-2-6-14(13)23-16/h1-2,5-6,11-12,22H,3-4,7-10H2. The molecule has 0 amide bonds. The van der Waals surface area contributed by atoms with Crippen molar-refractivity contribution in [2.45, 2.75) is 31.3 Å². The van der Waals surface area contributed by atoms with E-state index >= 15 is 0 Å². The molecule has 2 fully saturated rings. The summed E-state index contributed by atoms with van der Waals surface area (Å²) < 4.78 is 6.04. The van der Waals surface area contributed by atoms with E-state index in [0.717, 1.165) is 66.7 Å². The van der Waals surface area contributed by atoms with E-state index in [1.54, 1.807) is 6.33 Å². The number of para-hydroxylation sites is 1. The third-order valence-corrected chi connectivity index (χ3v) is 5.38. The molecule has 1 saturated carbocycles. The lowest BCUT2D eigenvalue weighted by Crippen LogP contribution is -2.41. The summed E-state index contributed by atoms with van der Waals surface area (Å²) in [6, 6.07) is 7.96. The van der Waals surface area contributed by atoms with Crippen LogP contribution in [0.5, 0.6) is 0 Å². The van der Waals surface area contributed by atoms with Crippen LogP contribution in [0.1, 0.15) is 25.7 Å². The highest BCUT2D eigenvalue weighted by Gasteiger charge is 2.48. The van der Waals surface area contributed by atoms with Gasteiger partial charge in [-0.2, -0.15) is 0 Å². The van der Waals surface area contributed by atoms with E-state index in [0.29, 0.717) is 5.92 Å². The van der Waals surface area contributed by atoms with E-state index in [4.69, 9.17) is 4.42 Å². The van der Waals surface area contributed by atoms with Crippen molar-refractivity contribution < 1.29 is 9.52 Å². The maximum atomic E-state index is 10.5. The number of piperidine rings is 1. The van der Waals surface area contributed by atoms with Crippen LogP contribution < -0.4 is 4.90 Å². The Balaban J connectivity index is 1.59. The molecule has 0 bridgehead atoms. The maximum absolute atomic E-state index is 10.5. The van der Waals surface area contributed by atoms with Crippen LogP contribution in [0.15, 0.2) is 35.0 Å². The molecule has 118 valence electrons. The van der Waals surface area contributed by atoms with Gasteiger partial charge in [0, 0.05) is 24.4 Å². The summed E-state index contributed by atoms with van der Waals surface area (Å²) in [5, 5.41) is 11.5. The monoisotopic (exact) mass is 309 g/mol. The first-order valence-electron chi connectivity index (χ1n) is 8.34. The van der Waals surface area contributed by atoms with E-state index < -0.39 is 5.60 Å². The molecule has 2 aromatic heterocycles. The molecule has 1 saturated heterocycles. The van der Waals surface area contributed by atoms with E-state index in [-0.39, 0.29) is 0 Å². The highest BCUT2D eigenvalue weighted by molar-refractivity contribution is 6.05. The summed E-state index contributed by atoms with van der Waals surface area (Å²) in [5.41, 5.74) is 2.05. The van der Waals surface area contributed by atoms with Crippen LogP contribution in [0.2, 0.25) is 0 Å². The smallest absolute Gasteiger partial charge is 0.196 e. The Labute approximate surface area is 133 Å². The molecule has 5 nitrogen and oxygen atoms in total. The minimum Gasteiger partial charge on any atom is -0.450 e. The van der Waals surface area contributed by atoms with Crippen LogP contribution in [0.3, 0.4) is 0 Å². The minimum absolute atomic E-state index is 0.339. The van der Waals surface area contributed by atoms with E-state index in [2.05, 4.69) is 14.9 Å². The Morgan fingerprint density at radius 1 is 1.22 bits per heavy atom. The molecule has 1 atom stereocenters. The van der Waals surface area contributed by atoms with Crippen molar-refractivity contribution >= 4 is 27.9 Å². The first kappa shape index (κ1) is 13.3. The van der Waals surface area contributed by atoms with Crippen molar-refractivity contribution in [3.8, 4) is 0 Å². The Morgan fingerprint density at radius 3 is 2.96 bits per heavy atom. The summed E-state index contributed by atoms with van der Waals surface area (Å²) in [5.74, 6) is 1.20. The number of fused-ring (bicyclic) bond motifs is 3. The molecule has 5 heteroatoms. The second kappa shape index (κ2) is 4.68. The van der Waals surface area contributed by atoms with E-state index in [9.17, 15) is 5.11 Å². The Morgan fingerprint density at radius 2 is 2.09 bits per heavy atom. The SMILES string of the molecule is OC1(C2CCCN(c3ncnc4c3oc3ccccc34)C2)CC1. The van der Waals surface area contributed by atoms with Crippen molar-refractivity contribution in [2.24, 2.45) is 5.92 Å². The van der Waals surface area contributed by atoms with Gasteiger partial charge in [0.05, 0.1) is 5.60 Å². The van der Waals surface area contributed by atoms with Gasteiger partial charge >= 0.3 is 0 Å². The maximum Gasteiger partial charge on any atom is 0.196 e. The number of rotatable bonds is 2. The third-order valence-electron chi connectivity index (χ3n) is 5.38. The average Bonchev–Trinajstić information content (AvgIpc) is 3.23. The molecule has 23 heavy (non-hydrogen) atoms. The highest BCUT2D eigenvalue weighted by Crippen LogP contribution is 2.46. The van der Waals surface area contributed by atoms with Crippen LogP contribution >= 0.6 is 0 Å². The largest absolute Gasteiger partial charge is 0.450 e.